The van der Waals surface area contributed by atoms with E-state index in [1.165, 1.54) is 6.07 Å². The van der Waals surface area contributed by atoms with Gasteiger partial charge in [-0.1, -0.05) is 35.4 Å². The molecule has 2 rings (SSSR count). The summed E-state index contributed by atoms with van der Waals surface area (Å²) in [5.41, 5.74) is 6.74. The lowest BCUT2D eigenvalue weighted by molar-refractivity contribution is 0.889. The number of halogens is 2. The molecule has 9 heteroatoms. The molecule has 0 aliphatic heterocycles. The predicted octanol–water partition coefficient (Wildman–Crippen LogP) is 4.62. The number of hydrogen-bond acceptors (Lipinski definition) is 6. The summed E-state index contributed by atoms with van der Waals surface area (Å²) in [5.74, 6) is 1.33. The van der Waals surface area contributed by atoms with E-state index in [0.717, 1.165) is 5.56 Å². The van der Waals surface area contributed by atoms with Crippen LogP contribution in [0.25, 0.3) is 0 Å². The number of pyridine rings is 2. The van der Waals surface area contributed by atoms with Crippen LogP contribution in [0.3, 0.4) is 0 Å². The van der Waals surface area contributed by atoms with Gasteiger partial charge in [-0.25, -0.2) is 9.97 Å². The normalized spacial score (nSPS) is 10.0. The Kier molecular flexibility index (Phi) is 9.22. The van der Waals surface area contributed by atoms with Crippen LogP contribution >= 0.6 is 35.4 Å². The molecule has 27 heavy (non-hydrogen) atoms. The van der Waals surface area contributed by atoms with Crippen molar-refractivity contribution in [3.63, 3.8) is 0 Å². The highest BCUT2D eigenvalue weighted by atomic mass is 35.5. The van der Waals surface area contributed by atoms with Crippen LogP contribution in [-0.4, -0.2) is 27.0 Å². The van der Waals surface area contributed by atoms with E-state index in [4.69, 9.17) is 46.4 Å². The molecule has 6 nitrogen and oxygen atoms in total. The Labute approximate surface area is 175 Å². The third-order valence-corrected chi connectivity index (χ3v) is 3.50. The maximum atomic E-state index is 8.66. The van der Waals surface area contributed by atoms with E-state index < -0.39 is 0 Å². The molecule has 4 N–H and O–H groups in total. The molecule has 0 atom stereocenters. The van der Waals surface area contributed by atoms with Crippen LogP contribution < -0.4 is 16.4 Å². The summed E-state index contributed by atoms with van der Waals surface area (Å²) >= 11 is 16.4. The first kappa shape index (κ1) is 22.9. The summed E-state index contributed by atoms with van der Waals surface area (Å²) in [6, 6.07) is 9.23. The zero-order valence-corrected chi connectivity index (χ0v) is 17.9. The summed E-state index contributed by atoms with van der Waals surface area (Å²) in [7, 11) is 0. The van der Waals surface area contributed by atoms with Crippen LogP contribution in [0.2, 0.25) is 10.3 Å². The van der Waals surface area contributed by atoms with Crippen LogP contribution in [0.5, 0.6) is 0 Å². The van der Waals surface area contributed by atoms with Gasteiger partial charge in [0.05, 0.1) is 11.6 Å². The van der Waals surface area contributed by atoms with Crippen molar-refractivity contribution in [2.24, 2.45) is 5.73 Å². The second-order valence-electron chi connectivity index (χ2n) is 6.20. The fraction of sp³-hybridized carbons (Fsp3) is 0.333. The van der Waals surface area contributed by atoms with E-state index >= 15 is 0 Å². The predicted molar refractivity (Wildman–Crippen MR) is 117 cm³/mol. The fourth-order valence-electron chi connectivity index (χ4n) is 1.94. The molecule has 144 valence electrons. The van der Waals surface area contributed by atoms with Gasteiger partial charge >= 0.3 is 0 Å². The molecular weight excluding hydrogens is 403 g/mol. The summed E-state index contributed by atoms with van der Waals surface area (Å²) in [5, 5.41) is 15.6. The number of nitrogens with two attached hydrogens (primary N) is 1. The number of nitrogens with one attached hydrogen (secondary N) is 2. The number of hydrogen-bond donors (Lipinski definition) is 3. The topological polar surface area (TPSA) is 99.7 Å². The Morgan fingerprint density at radius 1 is 1.00 bits per heavy atom. The lowest BCUT2D eigenvalue weighted by Gasteiger charge is -2.10. The average Bonchev–Trinajstić information content (AvgIpc) is 2.52. The van der Waals surface area contributed by atoms with Gasteiger partial charge in [-0.2, -0.15) is 5.26 Å². The number of nitriles is 1. The number of nitrogens with zero attached hydrogens (tertiary/aromatic N) is 3. The van der Waals surface area contributed by atoms with Gasteiger partial charge in [0, 0.05) is 17.6 Å². The minimum Gasteiger partial charge on any atom is -0.389 e. The molecule has 0 spiro atoms. The van der Waals surface area contributed by atoms with Crippen LogP contribution in [0, 0.1) is 11.3 Å². The van der Waals surface area contributed by atoms with E-state index in [-0.39, 0.29) is 6.04 Å². The van der Waals surface area contributed by atoms with Crippen molar-refractivity contribution >= 4 is 52.0 Å². The third kappa shape index (κ3) is 8.87. The highest BCUT2D eigenvalue weighted by Gasteiger charge is 2.04. The van der Waals surface area contributed by atoms with Crippen molar-refractivity contribution in [1.29, 1.82) is 5.26 Å². The van der Waals surface area contributed by atoms with Gasteiger partial charge in [0.25, 0.3) is 0 Å². The van der Waals surface area contributed by atoms with Crippen LogP contribution in [0.15, 0.2) is 24.3 Å². The molecule has 0 radical (unpaired) electrons. The van der Waals surface area contributed by atoms with Crippen molar-refractivity contribution in [1.82, 2.24) is 9.97 Å². The van der Waals surface area contributed by atoms with E-state index in [1.807, 2.05) is 33.8 Å². The molecule has 0 aromatic carbocycles. The largest absolute Gasteiger partial charge is 0.389 e. The zero-order chi connectivity index (χ0) is 20.6. The number of aromatic nitrogens is 2. The molecule has 0 saturated carbocycles. The van der Waals surface area contributed by atoms with Crippen LogP contribution in [0.4, 0.5) is 11.6 Å². The zero-order valence-electron chi connectivity index (χ0n) is 15.5. The molecule has 0 amide bonds. The fourth-order valence-corrected chi connectivity index (χ4v) is 2.48. The lowest BCUT2D eigenvalue weighted by atomic mass is 10.2. The quantitative estimate of drug-likeness (QED) is 0.475. The third-order valence-electron chi connectivity index (χ3n) is 2.87. The maximum Gasteiger partial charge on any atom is 0.132 e. The molecule has 0 unspecified atom stereocenters. The Morgan fingerprint density at radius 3 is 1.93 bits per heavy atom. The first-order valence-corrected chi connectivity index (χ1v) is 9.35. The van der Waals surface area contributed by atoms with Crippen molar-refractivity contribution in [3.05, 3.63) is 45.7 Å². The summed E-state index contributed by atoms with van der Waals surface area (Å²) < 4.78 is 0. The molecule has 2 aromatic heterocycles. The van der Waals surface area contributed by atoms with E-state index in [2.05, 4.69) is 20.6 Å². The molecule has 0 saturated heterocycles. The number of anilines is 2. The standard InChI is InChI=1S/C9H12ClN3S.C9H10ClN3/c1-5(2)12-8-4-6(9(11)14)3-7(10)13-8;1-6(2)12-9-4-7(5-11)3-8(10)13-9/h3-5H,1-2H3,(H2,11,14)(H,12,13);3-4,6H,1-2H3,(H,12,13). The van der Waals surface area contributed by atoms with Gasteiger partial charge in [-0.15, -0.1) is 0 Å². The van der Waals surface area contributed by atoms with E-state index in [9.17, 15) is 0 Å². The van der Waals surface area contributed by atoms with E-state index in [0.29, 0.717) is 38.5 Å². The highest BCUT2D eigenvalue weighted by molar-refractivity contribution is 7.80. The number of thiocarbonyl (C=S) groups is 1. The van der Waals surface area contributed by atoms with Gasteiger partial charge in [-0.05, 0) is 52.0 Å². The molecule has 0 fully saturated rings. The van der Waals surface area contributed by atoms with Crippen LogP contribution in [0.1, 0.15) is 38.8 Å². The second kappa shape index (κ2) is 10.9. The van der Waals surface area contributed by atoms with Crippen molar-refractivity contribution in [2.45, 2.75) is 39.8 Å². The van der Waals surface area contributed by atoms with Gasteiger partial charge < -0.3 is 16.4 Å². The minimum atomic E-state index is 0.275. The van der Waals surface area contributed by atoms with E-state index in [1.54, 1.807) is 18.2 Å². The lowest BCUT2D eigenvalue weighted by Crippen LogP contribution is -2.14. The van der Waals surface area contributed by atoms with Crippen molar-refractivity contribution in [3.8, 4) is 6.07 Å². The molecule has 0 bridgehead atoms. The van der Waals surface area contributed by atoms with Crippen molar-refractivity contribution < 1.29 is 0 Å². The molecule has 0 aliphatic carbocycles. The Morgan fingerprint density at radius 2 is 1.48 bits per heavy atom. The van der Waals surface area contributed by atoms with Gasteiger partial charge in [0.15, 0.2) is 0 Å². The minimum absolute atomic E-state index is 0.275. The smallest absolute Gasteiger partial charge is 0.132 e. The monoisotopic (exact) mass is 424 g/mol. The average molecular weight is 425 g/mol. The maximum absolute atomic E-state index is 8.66. The Balaban J connectivity index is 0.000000271. The second-order valence-corrected chi connectivity index (χ2v) is 7.42. The Bertz CT molecular complexity index is 833. The Hall–Kier alpha value is -2.14. The first-order chi connectivity index (χ1) is 12.6. The summed E-state index contributed by atoms with van der Waals surface area (Å²) in [4.78, 5) is 8.44. The summed E-state index contributed by atoms with van der Waals surface area (Å²) in [6.07, 6.45) is 0. The molecule has 0 aliphatic rings. The number of rotatable bonds is 5. The molecular formula is C18H22Cl2N6S. The van der Waals surface area contributed by atoms with Crippen LogP contribution in [-0.2, 0) is 0 Å². The van der Waals surface area contributed by atoms with Crippen molar-refractivity contribution in [2.75, 3.05) is 10.6 Å². The highest BCUT2D eigenvalue weighted by Crippen LogP contribution is 2.15. The first-order valence-electron chi connectivity index (χ1n) is 8.18. The molecule has 2 heterocycles. The van der Waals surface area contributed by atoms with Gasteiger partial charge in [0.1, 0.15) is 26.9 Å². The summed E-state index contributed by atoms with van der Waals surface area (Å²) in [6.45, 7) is 8.02. The van der Waals surface area contributed by atoms with Gasteiger partial charge in [-0.3, -0.25) is 0 Å². The SMILES string of the molecule is CC(C)Nc1cc(C#N)cc(Cl)n1.CC(C)Nc1cc(C(N)=S)cc(Cl)n1. The molecule has 2 aromatic rings. The van der Waals surface area contributed by atoms with Gasteiger partial charge in [0.2, 0.25) is 0 Å².